The molecule has 0 saturated heterocycles. The lowest BCUT2D eigenvalue weighted by atomic mass is 10.1. The molecule has 0 atom stereocenters. The van der Waals surface area contributed by atoms with Gasteiger partial charge in [-0.15, -0.1) is 0 Å². The first-order valence-electron chi connectivity index (χ1n) is 8.06. The van der Waals surface area contributed by atoms with Gasteiger partial charge >= 0.3 is 0 Å². The van der Waals surface area contributed by atoms with Gasteiger partial charge in [-0.05, 0) is 43.2 Å². The summed E-state index contributed by atoms with van der Waals surface area (Å²) in [5.41, 5.74) is 5.58. The first kappa shape index (κ1) is 19.2. The summed E-state index contributed by atoms with van der Waals surface area (Å²) in [7, 11) is 1.55. The van der Waals surface area contributed by atoms with Gasteiger partial charge < -0.3 is 14.8 Å². The van der Waals surface area contributed by atoms with Crippen LogP contribution >= 0.6 is 22.9 Å². The monoisotopic (exact) mass is 406 g/mol. The van der Waals surface area contributed by atoms with Crippen molar-refractivity contribution in [2.45, 2.75) is 13.8 Å². The van der Waals surface area contributed by atoms with Crippen LogP contribution in [0.15, 0.2) is 24.3 Å². The van der Waals surface area contributed by atoms with Crippen molar-refractivity contribution in [1.29, 1.82) is 0 Å². The minimum Gasteiger partial charge on any atom is -0.494 e. The van der Waals surface area contributed by atoms with Gasteiger partial charge in [0.05, 0.1) is 11.8 Å². The number of benzene rings is 2. The fraction of sp³-hybridized carbons (Fsp3) is 0.222. The van der Waals surface area contributed by atoms with Gasteiger partial charge in [0.25, 0.3) is 5.91 Å². The highest BCUT2D eigenvalue weighted by Crippen LogP contribution is 2.35. The maximum Gasteiger partial charge on any atom is 0.262 e. The second kappa shape index (κ2) is 7.99. The summed E-state index contributed by atoms with van der Waals surface area (Å²) in [6, 6.07) is 7.12. The Bertz CT molecular complexity index is 983. The molecule has 9 heteroatoms. The maximum absolute atomic E-state index is 12.3. The van der Waals surface area contributed by atoms with Crippen molar-refractivity contribution in [3.63, 3.8) is 0 Å². The highest BCUT2D eigenvalue weighted by molar-refractivity contribution is 7.22. The molecule has 3 rings (SSSR count). The molecular formula is C18H19ClN4O3S. The molecule has 0 unspecified atom stereocenters. The minimum absolute atomic E-state index is 0.126. The second-order valence-electron chi connectivity index (χ2n) is 5.90. The average Bonchev–Trinajstić information content (AvgIpc) is 3.06. The predicted molar refractivity (Wildman–Crippen MR) is 109 cm³/mol. The van der Waals surface area contributed by atoms with E-state index < -0.39 is 0 Å². The van der Waals surface area contributed by atoms with Crippen LogP contribution in [-0.2, 0) is 4.79 Å². The number of aryl methyl sites for hydroxylation is 2. The molecule has 4 N–H and O–H groups in total. The number of carbonyl (C=O) groups excluding carboxylic acids is 1. The van der Waals surface area contributed by atoms with E-state index in [1.807, 2.05) is 19.9 Å². The largest absolute Gasteiger partial charge is 0.494 e. The van der Waals surface area contributed by atoms with E-state index in [1.165, 1.54) is 11.3 Å². The van der Waals surface area contributed by atoms with E-state index in [9.17, 15) is 4.79 Å². The van der Waals surface area contributed by atoms with Crippen molar-refractivity contribution in [3.8, 4) is 11.5 Å². The molecule has 0 radical (unpaired) electrons. The highest BCUT2D eigenvalue weighted by Gasteiger charge is 2.13. The van der Waals surface area contributed by atoms with Crippen LogP contribution in [0.1, 0.15) is 11.1 Å². The molecular weight excluding hydrogens is 388 g/mol. The molecule has 1 aromatic heterocycles. The normalized spacial score (nSPS) is 10.7. The molecule has 27 heavy (non-hydrogen) atoms. The lowest BCUT2D eigenvalue weighted by molar-refractivity contribution is -0.118. The van der Waals surface area contributed by atoms with Gasteiger partial charge in [0, 0.05) is 16.8 Å². The zero-order chi connectivity index (χ0) is 19.6. The first-order valence-corrected chi connectivity index (χ1v) is 9.25. The number of ether oxygens (including phenoxy) is 2. The molecule has 1 heterocycles. The molecule has 0 saturated carbocycles. The van der Waals surface area contributed by atoms with E-state index in [-0.39, 0.29) is 12.5 Å². The Morgan fingerprint density at radius 1 is 1.26 bits per heavy atom. The Morgan fingerprint density at radius 3 is 2.59 bits per heavy atom. The number of hydrogen-bond donors (Lipinski definition) is 3. The van der Waals surface area contributed by atoms with E-state index >= 15 is 0 Å². The zero-order valence-electron chi connectivity index (χ0n) is 15.1. The van der Waals surface area contributed by atoms with E-state index in [4.69, 9.17) is 26.9 Å². The van der Waals surface area contributed by atoms with E-state index in [1.54, 1.807) is 25.3 Å². The Morgan fingerprint density at radius 2 is 1.96 bits per heavy atom. The molecule has 1 amide bonds. The summed E-state index contributed by atoms with van der Waals surface area (Å²) >= 11 is 7.51. The summed E-state index contributed by atoms with van der Waals surface area (Å²) in [6.45, 7) is 3.66. The number of thiazole rings is 1. The van der Waals surface area contributed by atoms with Gasteiger partial charge in [-0.25, -0.2) is 10.8 Å². The number of aromatic nitrogens is 1. The predicted octanol–water partition coefficient (Wildman–Crippen LogP) is 3.88. The number of hydrazine groups is 1. The lowest BCUT2D eigenvalue weighted by Crippen LogP contribution is -2.20. The van der Waals surface area contributed by atoms with Crippen LogP contribution in [0, 0.1) is 13.8 Å². The van der Waals surface area contributed by atoms with Crippen molar-refractivity contribution in [1.82, 2.24) is 4.98 Å². The summed E-state index contributed by atoms with van der Waals surface area (Å²) in [5.74, 6) is 6.27. The van der Waals surface area contributed by atoms with Gasteiger partial charge in [-0.3, -0.25) is 10.2 Å². The Balaban J connectivity index is 1.72. The number of anilines is 2. The van der Waals surface area contributed by atoms with Crippen LogP contribution in [0.25, 0.3) is 10.2 Å². The molecule has 142 valence electrons. The number of halogens is 1. The minimum atomic E-state index is -0.289. The van der Waals surface area contributed by atoms with Crippen LogP contribution in [-0.4, -0.2) is 24.6 Å². The number of fused-ring (bicyclic) bond motifs is 1. The molecule has 0 bridgehead atoms. The third-order valence-corrected chi connectivity index (χ3v) is 5.40. The standard InChI is InChI=1S/C18H19ClN4O3S/c1-9-4-12(5-10(2)16(9)19)26-8-15(24)21-11-6-13(25-3)17-14(7-11)27-18(22-17)23-20/h4-7H,8,20H2,1-3H3,(H,21,24)(H,22,23). The number of carbonyl (C=O) groups is 1. The van der Waals surface area contributed by atoms with Gasteiger partial charge in [0.15, 0.2) is 11.7 Å². The number of methoxy groups -OCH3 is 1. The summed E-state index contributed by atoms with van der Waals surface area (Å²) < 4.78 is 11.8. The van der Waals surface area contributed by atoms with Crippen molar-refractivity contribution in [2.75, 3.05) is 24.5 Å². The van der Waals surface area contributed by atoms with Gasteiger partial charge in [-0.1, -0.05) is 22.9 Å². The molecule has 3 aromatic rings. The number of hydrogen-bond acceptors (Lipinski definition) is 7. The Kier molecular flexibility index (Phi) is 5.69. The summed E-state index contributed by atoms with van der Waals surface area (Å²) in [4.78, 5) is 16.6. The fourth-order valence-electron chi connectivity index (χ4n) is 2.62. The van der Waals surface area contributed by atoms with Crippen molar-refractivity contribution < 1.29 is 14.3 Å². The zero-order valence-corrected chi connectivity index (χ0v) is 16.6. The van der Waals surface area contributed by atoms with E-state index in [0.717, 1.165) is 15.8 Å². The van der Waals surface area contributed by atoms with Gasteiger partial charge in [0.1, 0.15) is 17.0 Å². The van der Waals surface area contributed by atoms with E-state index in [0.29, 0.717) is 32.9 Å². The smallest absolute Gasteiger partial charge is 0.262 e. The van der Waals surface area contributed by atoms with Crippen LogP contribution in [0.5, 0.6) is 11.5 Å². The Labute approximate surface area is 165 Å². The third-order valence-electron chi connectivity index (χ3n) is 3.87. The van der Waals surface area contributed by atoms with Crippen molar-refractivity contribution in [3.05, 3.63) is 40.4 Å². The van der Waals surface area contributed by atoms with Crippen molar-refractivity contribution in [2.24, 2.45) is 5.84 Å². The van der Waals surface area contributed by atoms with Crippen LogP contribution < -0.4 is 26.1 Å². The average molecular weight is 407 g/mol. The number of nitrogens with two attached hydrogens (primary N) is 1. The second-order valence-corrected chi connectivity index (χ2v) is 7.31. The topological polar surface area (TPSA) is 98.5 Å². The van der Waals surface area contributed by atoms with Crippen molar-refractivity contribution >= 4 is 49.9 Å². The highest BCUT2D eigenvalue weighted by atomic mass is 35.5. The summed E-state index contributed by atoms with van der Waals surface area (Å²) in [5, 5.41) is 4.06. The lowest BCUT2D eigenvalue weighted by Gasteiger charge is -2.11. The SMILES string of the molecule is COc1cc(NC(=O)COc2cc(C)c(Cl)c(C)c2)cc2sc(NN)nc12. The summed E-state index contributed by atoms with van der Waals surface area (Å²) in [6.07, 6.45) is 0. The first-order chi connectivity index (χ1) is 12.9. The molecule has 7 nitrogen and oxygen atoms in total. The number of nitrogens with one attached hydrogen (secondary N) is 2. The van der Waals surface area contributed by atoms with Crippen LogP contribution in [0.2, 0.25) is 5.02 Å². The molecule has 2 aromatic carbocycles. The molecule has 0 aliphatic rings. The van der Waals surface area contributed by atoms with Gasteiger partial charge in [-0.2, -0.15) is 0 Å². The van der Waals surface area contributed by atoms with E-state index in [2.05, 4.69) is 15.7 Å². The third kappa shape index (κ3) is 4.24. The molecule has 0 aliphatic heterocycles. The maximum atomic E-state index is 12.3. The number of nitrogen functional groups attached to an aromatic ring is 1. The fourth-order valence-corrected chi connectivity index (χ4v) is 3.57. The van der Waals surface area contributed by atoms with Crippen LogP contribution in [0.4, 0.5) is 10.8 Å². The number of amides is 1. The molecule has 0 fully saturated rings. The Hall–Kier alpha value is -2.55. The quantitative estimate of drug-likeness (QED) is 0.424. The van der Waals surface area contributed by atoms with Gasteiger partial charge in [0.2, 0.25) is 0 Å². The number of rotatable bonds is 6. The molecule has 0 spiro atoms. The molecule has 0 aliphatic carbocycles. The van der Waals surface area contributed by atoms with Crippen LogP contribution in [0.3, 0.4) is 0 Å². The number of nitrogens with zero attached hydrogens (tertiary/aromatic N) is 1.